The number of fused-ring (bicyclic) bond motifs is 1. The van der Waals surface area contributed by atoms with Crippen molar-refractivity contribution < 1.29 is 14.3 Å². The predicted octanol–water partition coefficient (Wildman–Crippen LogP) is 3.52. The van der Waals surface area contributed by atoms with Crippen molar-refractivity contribution in [3.05, 3.63) is 0 Å². The SMILES string of the molecule is CC(=O)[C@]1(C)[C@@H]2[C@H]3[C@@H]4[C@@H]1[C@H]1CC[C@H]5O[C@H]6O[C@@H]7CC[C@H]([C@@H]27)[C@@H]3[C@@]6(C)[C@@H]4[C@H]15. The number of ketones is 1. The predicted molar refractivity (Wildman–Crippen MR) is 93.8 cm³/mol. The molecule has 0 radical (unpaired) electrons. The molecule has 15 atom stereocenters. The van der Waals surface area contributed by atoms with Crippen molar-refractivity contribution in [1.29, 1.82) is 0 Å². The highest BCUT2D eigenvalue weighted by atomic mass is 16.7. The fourth-order valence-electron chi connectivity index (χ4n) is 11.9. The summed E-state index contributed by atoms with van der Waals surface area (Å²) in [5.74, 6) is 7.74. The van der Waals surface area contributed by atoms with Crippen molar-refractivity contribution in [1.82, 2.24) is 0 Å². The first kappa shape index (κ1) is 14.6. The van der Waals surface area contributed by atoms with Gasteiger partial charge in [-0.2, -0.15) is 0 Å². The van der Waals surface area contributed by atoms with E-state index in [1.807, 2.05) is 6.92 Å². The average molecular weight is 354 g/mol. The first-order valence-electron chi connectivity index (χ1n) is 11.3. The minimum absolute atomic E-state index is 0.0455. The first-order valence-corrected chi connectivity index (χ1v) is 11.3. The molecule has 2 saturated heterocycles. The Morgan fingerprint density at radius 3 is 2.00 bits per heavy atom. The highest BCUT2D eigenvalue weighted by molar-refractivity contribution is 5.84. The maximum absolute atomic E-state index is 13.3. The molecule has 0 aromatic rings. The molecule has 8 fully saturated rings. The molecule has 8 rings (SSSR count). The summed E-state index contributed by atoms with van der Waals surface area (Å²) < 4.78 is 13.6. The van der Waals surface area contributed by atoms with Crippen molar-refractivity contribution in [3.63, 3.8) is 0 Å². The van der Waals surface area contributed by atoms with Crippen LogP contribution < -0.4 is 0 Å². The topological polar surface area (TPSA) is 35.5 Å². The number of Topliss-reactive ketones (excluding diaryl/α,β-unsaturated/α-hetero) is 1. The number of carbonyl (C=O) groups is 1. The number of hydrogen-bond donors (Lipinski definition) is 0. The van der Waals surface area contributed by atoms with Crippen LogP contribution in [0.3, 0.4) is 0 Å². The van der Waals surface area contributed by atoms with E-state index in [0.29, 0.717) is 35.7 Å². The molecule has 26 heavy (non-hydrogen) atoms. The lowest BCUT2D eigenvalue weighted by Gasteiger charge is -2.52. The van der Waals surface area contributed by atoms with Crippen LogP contribution in [-0.4, -0.2) is 24.3 Å². The van der Waals surface area contributed by atoms with Crippen LogP contribution in [0.25, 0.3) is 0 Å². The smallest absolute Gasteiger partial charge is 0.164 e. The van der Waals surface area contributed by atoms with Crippen LogP contribution in [0.15, 0.2) is 0 Å². The zero-order chi connectivity index (χ0) is 17.3. The largest absolute Gasteiger partial charge is 0.349 e. The third-order valence-electron chi connectivity index (χ3n) is 12.0. The van der Waals surface area contributed by atoms with E-state index >= 15 is 0 Å². The Morgan fingerprint density at radius 2 is 1.35 bits per heavy atom. The van der Waals surface area contributed by atoms with Gasteiger partial charge in [0.25, 0.3) is 0 Å². The van der Waals surface area contributed by atoms with Crippen LogP contribution in [0, 0.1) is 70.0 Å². The van der Waals surface area contributed by atoms with Gasteiger partial charge in [-0.1, -0.05) is 13.8 Å². The highest BCUT2D eigenvalue weighted by Gasteiger charge is 2.87. The zero-order valence-electron chi connectivity index (χ0n) is 16.1. The van der Waals surface area contributed by atoms with Crippen LogP contribution in [0.2, 0.25) is 0 Å². The summed E-state index contributed by atoms with van der Waals surface area (Å²) in [6, 6.07) is 0. The number of ether oxygens (including phenoxy) is 2. The normalized spacial score (nSPS) is 75.4. The maximum atomic E-state index is 13.3. The summed E-state index contributed by atoms with van der Waals surface area (Å²) in [6.07, 6.45) is 5.85. The van der Waals surface area contributed by atoms with Gasteiger partial charge in [0.2, 0.25) is 0 Å². The Kier molecular flexibility index (Phi) is 2.16. The van der Waals surface area contributed by atoms with Crippen LogP contribution >= 0.6 is 0 Å². The Morgan fingerprint density at radius 1 is 0.769 bits per heavy atom. The molecule has 6 saturated carbocycles. The van der Waals surface area contributed by atoms with Gasteiger partial charge < -0.3 is 9.47 Å². The minimum Gasteiger partial charge on any atom is -0.349 e. The second-order valence-electron chi connectivity index (χ2n) is 11.8. The number of hydrogen-bond acceptors (Lipinski definition) is 3. The zero-order valence-corrected chi connectivity index (χ0v) is 16.1. The molecule has 6 aliphatic carbocycles. The van der Waals surface area contributed by atoms with E-state index in [-0.39, 0.29) is 17.1 Å². The van der Waals surface area contributed by atoms with E-state index in [1.165, 1.54) is 25.7 Å². The van der Waals surface area contributed by atoms with Gasteiger partial charge in [0.05, 0.1) is 12.2 Å². The van der Waals surface area contributed by atoms with Gasteiger partial charge in [0.15, 0.2) is 6.29 Å². The molecule has 0 aromatic carbocycles. The van der Waals surface area contributed by atoms with Crippen molar-refractivity contribution in [3.8, 4) is 0 Å². The molecule has 0 spiro atoms. The lowest BCUT2D eigenvalue weighted by Crippen LogP contribution is -2.55. The summed E-state index contributed by atoms with van der Waals surface area (Å²) in [7, 11) is 0. The van der Waals surface area contributed by atoms with Crippen LogP contribution in [-0.2, 0) is 14.3 Å². The van der Waals surface area contributed by atoms with E-state index in [2.05, 4.69) is 13.8 Å². The fraction of sp³-hybridized carbons (Fsp3) is 0.957. The molecular formula is C23H30O3. The van der Waals surface area contributed by atoms with E-state index in [0.717, 1.165) is 41.4 Å². The average Bonchev–Trinajstić information content (AvgIpc) is 3.32. The second-order valence-corrected chi connectivity index (χ2v) is 11.8. The van der Waals surface area contributed by atoms with Crippen molar-refractivity contribution in [2.24, 2.45) is 70.0 Å². The summed E-state index contributed by atoms with van der Waals surface area (Å²) >= 11 is 0. The Bertz CT molecular complexity index is 763. The molecule has 3 nitrogen and oxygen atoms in total. The molecule has 0 N–H and O–H groups in total. The Hall–Kier alpha value is -0.410. The summed E-state index contributed by atoms with van der Waals surface area (Å²) in [5, 5.41) is 0. The molecular weight excluding hydrogens is 324 g/mol. The Balaban J connectivity index is 1.47. The lowest BCUT2D eigenvalue weighted by molar-refractivity contribution is -0.302. The second kappa shape index (κ2) is 3.85. The summed E-state index contributed by atoms with van der Waals surface area (Å²) in [4.78, 5) is 13.3. The fourth-order valence-corrected chi connectivity index (χ4v) is 11.9. The van der Waals surface area contributed by atoms with Gasteiger partial charge in [-0.05, 0) is 91.8 Å². The standard InChI is InChI=1S/C23H30O3/c1-8(24)22(2)17-9-4-6-12-14(9)20-15(17)16-18-10-5-7-11(13(10)19(16)22)25-21(26-12)23(18,20)3/h9-21H,4-7H2,1-3H3/t9-,10+,11+,12+,13+,14+,15+,16-,17-,18-,19-,20+,21+,22-,23-/m0/s1. The van der Waals surface area contributed by atoms with E-state index in [4.69, 9.17) is 9.47 Å². The first-order chi connectivity index (χ1) is 12.5. The maximum Gasteiger partial charge on any atom is 0.164 e. The Labute approximate surface area is 155 Å². The quantitative estimate of drug-likeness (QED) is 0.723. The minimum atomic E-state index is -0.0932. The van der Waals surface area contributed by atoms with Crippen LogP contribution in [0.4, 0.5) is 0 Å². The third-order valence-corrected chi connectivity index (χ3v) is 12.0. The van der Waals surface area contributed by atoms with Gasteiger partial charge >= 0.3 is 0 Å². The van der Waals surface area contributed by atoms with E-state index in [9.17, 15) is 4.79 Å². The number of rotatable bonds is 1. The van der Waals surface area contributed by atoms with Crippen LogP contribution in [0.5, 0.6) is 0 Å². The van der Waals surface area contributed by atoms with E-state index < -0.39 is 0 Å². The van der Waals surface area contributed by atoms with Gasteiger partial charge in [-0.3, -0.25) is 4.79 Å². The van der Waals surface area contributed by atoms with Gasteiger partial charge in [-0.15, -0.1) is 0 Å². The molecule has 0 aromatic heterocycles. The summed E-state index contributed by atoms with van der Waals surface area (Å²) in [6.45, 7) is 6.89. The van der Waals surface area contributed by atoms with Gasteiger partial charge in [0.1, 0.15) is 5.78 Å². The van der Waals surface area contributed by atoms with Crippen LogP contribution in [0.1, 0.15) is 46.5 Å². The summed E-state index contributed by atoms with van der Waals surface area (Å²) in [5.41, 5.74) is 0.128. The molecule has 2 heterocycles. The van der Waals surface area contributed by atoms with Crippen molar-refractivity contribution >= 4 is 5.78 Å². The molecule has 0 unspecified atom stereocenters. The molecule has 4 bridgehead atoms. The van der Waals surface area contributed by atoms with E-state index in [1.54, 1.807) is 0 Å². The molecule has 2 aliphatic heterocycles. The monoisotopic (exact) mass is 354 g/mol. The molecule has 8 aliphatic rings. The lowest BCUT2D eigenvalue weighted by atomic mass is 9.62. The van der Waals surface area contributed by atoms with Gasteiger partial charge in [0, 0.05) is 10.8 Å². The van der Waals surface area contributed by atoms with Crippen molar-refractivity contribution in [2.45, 2.75) is 65.0 Å². The number of carbonyl (C=O) groups excluding carboxylic acids is 1. The molecule has 0 amide bonds. The van der Waals surface area contributed by atoms with Gasteiger partial charge in [-0.25, -0.2) is 0 Å². The molecule has 140 valence electrons. The third kappa shape index (κ3) is 1.08. The highest BCUT2D eigenvalue weighted by Crippen LogP contribution is 2.87. The van der Waals surface area contributed by atoms with Crippen molar-refractivity contribution in [2.75, 3.05) is 0 Å². The molecule has 3 heteroatoms.